The van der Waals surface area contributed by atoms with E-state index in [1.165, 1.54) is 31.3 Å². The average molecular weight is 316 g/mol. The Morgan fingerprint density at radius 3 is 2.65 bits per heavy atom. The summed E-state index contributed by atoms with van der Waals surface area (Å²) >= 11 is 0. The molecule has 0 spiro atoms. The van der Waals surface area contributed by atoms with Gasteiger partial charge in [0.1, 0.15) is 12.6 Å². The van der Waals surface area contributed by atoms with Gasteiger partial charge >= 0.3 is 0 Å². The molecule has 4 atom stereocenters. The predicted molar refractivity (Wildman–Crippen MR) is 95.1 cm³/mol. The molecule has 2 aliphatic rings. The topological polar surface area (TPSA) is 34.1 Å². The van der Waals surface area contributed by atoms with Crippen LogP contribution in [-0.4, -0.2) is 12.6 Å². The van der Waals surface area contributed by atoms with Gasteiger partial charge < -0.3 is 9.59 Å². The molecule has 0 radical (unpaired) electrons. The normalized spacial score (nSPS) is 34.8. The first-order valence-electron chi connectivity index (χ1n) is 9.08. The summed E-state index contributed by atoms with van der Waals surface area (Å²) in [7, 11) is 0. The fourth-order valence-electron chi connectivity index (χ4n) is 5.39. The largest absolute Gasteiger partial charge is 0.303 e. The fraction of sp³-hybridized carbons (Fsp3) is 0.714. The van der Waals surface area contributed by atoms with E-state index in [2.05, 4.69) is 33.4 Å². The van der Waals surface area contributed by atoms with Crippen LogP contribution in [0.1, 0.15) is 65.7 Å². The molecule has 0 aromatic heterocycles. The van der Waals surface area contributed by atoms with Crippen molar-refractivity contribution in [3.05, 3.63) is 24.3 Å². The van der Waals surface area contributed by atoms with Gasteiger partial charge in [-0.3, -0.25) is 0 Å². The average Bonchev–Trinajstić information content (AvgIpc) is 2.48. The van der Waals surface area contributed by atoms with Crippen molar-refractivity contribution < 1.29 is 9.59 Å². The molecule has 0 N–H and O–H groups in total. The molecule has 2 saturated carbocycles. The fourth-order valence-corrected chi connectivity index (χ4v) is 5.39. The highest BCUT2D eigenvalue weighted by Gasteiger charge is 2.52. The summed E-state index contributed by atoms with van der Waals surface area (Å²) in [5.41, 5.74) is 2.12. The Morgan fingerprint density at radius 1 is 1.26 bits per heavy atom. The minimum atomic E-state index is -0.268. The number of carbonyl (C=O) groups excluding carboxylic acids is 2. The molecule has 0 amide bonds. The van der Waals surface area contributed by atoms with E-state index >= 15 is 0 Å². The second kappa shape index (κ2) is 7.15. The molecule has 0 bridgehead atoms. The second-order valence-electron chi connectivity index (χ2n) is 8.52. The Kier molecular flexibility index (Phi) is 5.65. The molecule has 23 heavy (non-hydrogen) atoms. The molecule has 2 nitrogen and oxygen atoms in total. The maximum Gasteiger partial charge on any atom is 0.127 e. The van der Waals surface area contributed by atoms with Crippen LogP contribution in [0.4, 0.5) is 0 Å². The van der Waals surface area contributed by atoms with Gasteiger partial charge in [0.05, 0.1) is 0 Å². The van der Waals surface area contributed by atoms with E-state index in [1.54, 1.807) is 0 Å². The molecule has 1 unspecified atom stereocenters. The maximum absolute atomic E-state index is 11.0. The first-order chi connectivity index (χ1) is 10.8. The number of allylic oxidation sites excluding steroid dienone is 3. The van der Waals surface area contributed by atoms with Crippen LogP contribution in [0.2, 0.25) is 0 Å². The summed E-state index contributed by atoms with van der Waals surface area (Å²) < 4.78 is 0. The lowest BCUT2D eigenvalue weighted by atomic mass is 9.47. The zero-order valence-corrected chi connectivity index (χ0v) is 15.0. The van der Waals surface area contributed by atoms with E-state index in [1.807, 2.05) is 6.08 Å². The van der Waals surface area contributed by atoms with Gasteiger partial charge in [-0.15, -0.1) is 0 Å². The summed E-state index contributed by atoms with van der Waals surface area (Å²) in [4.78, 5) is 21.6. The van der Waals surface area contributed by atoms with Crippen molar-refractivity contribution in [2.75, 3.05) is 0 Å². The zero-order valence-electron chi connectivity index (χ0n) is 15.0. The van der Waals surface area contributed by atoms with Crippen LogP contribution < -0.4 is 0 Å². The van der Waals surface area contributed by atoms with Gasteiger partial charge in [0.2, 0.25) is 0 Å². The molecular weight excluding hydrogens is 284 g/mol. The number of rotatable bonds is 6. The number of hydrogen-bond acceptors (Lipinski definition) is 2. The van der Waals surface area contributed by atoms with Crippen LogP contribution in [-0.2, 0) is 9.59 Å². The van der Waals surface area contributed by atoms with E-state index in [-0.39, 0.29) is 5.92 Å². The van der Waals surface area contributed by atoms with Crippen molar-refractivity contribution in [3.63, 3.8) is 0 Å². The summed E-state index contributed by atoms with van der Waals surface area (Å²) in [6, 6.07) is 0. The van der Waals surface area contributed by atoms with Crippen LogP contribution >= 0.6 is 0 Å². The van der Waals surface area contributed by atoms with Gasteiger partial charge in [0.15, 0.2) is 0 Å². The molecule has 0 aliphatic heterocycles. The Morgan fingerprint density at radius 2 is 2.00 bits per heavy atom. The highest BCUT2D eigenvalue weighted by atomic mass is 16.1. The van der Waals surface area contributed by atoms with Crippen LogP contribution in [0, 0.1) is 28.6 Å². The lowest BCUT2D eigenvalue weighted by molar-refractivity contribution is -0.114. The SMILES string of the molecule is C=C1CC[C@@H]2C(C)(C)CCC[C@@]2(C)[C@@H]1C/C=C/C(C=O)CC=O. The molecule has 2 heteroatoms. The predicted octanol–water partition coefficient (Wildman–Crippen LogP) is 5.14. The first-order valence-corrected chi connectivity index (χ1v) is 9.08. The third kappa shape index (κ3) is 3.67. The van der Waals surface area contributed by atoms with E-state index in [0.717, 1.165) is 31.3 Å². The van der Waals surface area contributed by atoms with E-state index in [0.29, 0.717) is 23.2 Å². The zero-order chi connectivity index (χ0) is 17.1. The molecule has 0 heterocycles. The number of aldehydes is 2. The minimum absolute atomic E-state index is 0.268. The first kappa shape index (κ1) is 18.2. The molecule has 2 aliphatic carbocycles. The van der Waals surface area contributed by atoms with Crippen LogP contribution in [0.3, 0.4) is 0 Å². The van der Waals surface area contributed by atoms with Crippen LogP contribution in [0.15, 0.2) is 24.3 Å². The summed E-state index contributed by atoms with van der Waals surface area (Å²) in [5, 5.41) is 0. The number of hydrogen-bond donors (Lipinski definition) is 0. The third-order valence-electron chi connectivity index (χ3n) is 6.62. The van der Waals surface area contributed by atoms with Crippen molar-refractivity contribution in [1.29, 1.82) is 0 Å². The van der Waals surface area contributed by atoms with Crippen LogP contribution in [0.5, 0.6) is 0 Å². The molecule has 2 rings (SSSR count). The van der Waals surface area contributed by atoms with Crippen LogP contribution in [0.25, 0.3) is 0 Å². The third-order valence-corrected chi connectivity index (χ3v) is 6.62. The molecule has 0 aromatic rings. The van der Waals surface area contributed by atoms with Crippen molar-refractivity contribution in [3.8, 4) is 0 Å². The minimum Gasteiger partial charge on any atom is -0.303 e. The van der Waals surface area contributed by atoms with E-state index < -0.39 is 0 Å². The summed E-state index contributed by atoms with van der Waals surface area (Å²) in [6.07, 6.45) is 13.3. The monoisotopic (exact) mass is 316 g/mol. The van der Waals surface area contributed by atoms with Gasteiger partial charge in [-0.2, -0.15) is 0 Å². The molecular formula is C21H32O2. The van der Waals surface area contributed by atoms with Crippen molar-refractivity contribution >= 4 is 12.6 Å². The van der Waals surface area contributed by atoms with E-state index in [4.69, 9.17) is 0 Å². The quantitative estimate of drug-likeness (QED) is 0.502. The van der Waals surface area contributed by atoms with Gasteiger partial charge in [0.25, 0.3) is 0 Å². The van der Waals surface area contributed by atoms with Crippen molar-refractivity contribution in [1.82, 2.24) is 0 Å². The number of fused-ring (bicyclic) bond motifs is 1. The Balaban J connectivity index is 2.15. The Labute approximate surface area is 141 Å². The van der Waals surface area contributed by atoms with Gasteiger partial charge in [0, 0.05) is 12.3 Å². The standard InChI is InChI=1S/C21H32O2/c1-16-9-10-19-20(2,3)12-6-13-21(19,4)18(16)8-5-7-17(15-23)11-14-22/h5,7,14-15,17-19H,1,6,8-13H2,2-4H3/b7-5+/t17?,18-,19-,21+/m1/s1. The van der Waals surface area contributed by atoms with Gasteiger partial charge in [-0.1, -0.05) is 51.5 Å². The molecule has 0 saturated heterocycles. The Hall–Kier alpha value is -1.18. The molecule has 128 valence electrons. The highest BCUT2D eigenvalue weighted by molar-refractivity contribution is 5.64. The van der Waals surface area contributed by atoms with Gasteiger partial charge in [-0.25, -0.2) is 0 Å². The molecule has 0 aromatic carbocycles. The van der Waals surface area contributed by atoms with E-state index in [9.17, 15) is 9.59 Å². The summed E-state index contributed by atoms with van der Waals surface area (Å²) in [5.74, 6) is 0.987. The van der Waals surface area contributed by atoms with Crippen molar-refractivity contribution in [2.45, 2.75) is 65.7 Å². The molecule has 2 fully saturated rings. The summed E-state index contributed by atoms with van der Waals surface area (Å²) in [6.45, 7) is 11.7. The maximum atomic E-state index is 11.0. The second-order valence-corrected chi connectivity index (χ2v) is 8.52. The smallest absolute Gasteiger partial charge is 0.127 e. The van der Waals surface area contributed by atoms with Crippen molar-refractivity contribution in [2.24, 2.45) is 28.6 Å². The number of carbonyl (C=O) groups is 2. The van der Waals surface area contributed by atoms with Gasteiger partial charge in [-0.05, 0) is 54.8 Å². The lowest BCUT2D eigenvalue weighted by Gasteiger charge is -2.58. The Bertz CT molecular complexity index is 488. The lowest BCUT2D eigenvalue weighted by Crippen LogP contribution is -2.49. The highest BCUT2D eigenvalue weighted by Crippen LogP contribution is 2.61.